The van der Waals surface area contributed by atoms with Crippen molar-refractivity contribution < 1.29 is 0 Å². The number of rotatable bonds is 5. The Morgan fingerprint density at radius 3 is 2.65 bits per heavy atom. The summed E-state index contributed by atoms with van der Waals surface area (Å²) in [6.45, 7) is 0.986. The lowest BCUT2D eigenvalue weighted by molar-refractivity contribution is 0.300. The summed E-state index contributed by atoms with van der Waals surface area (Å²) in [5, 5.41) is 12.5. The van der Waals surface area contributed by atoms with Crippen LogP contribution in [0.3, 0.4) is 0 Å². The number of benzene rings is 2. The minimum atomic E-state index is -0.131. The second kappa shape index (κ2) is 6.85. The van der Waals surface area contributed by atoms with Crippen molar-refractivity contribution >= 4 is 10.9 Å². The van der Waals surface area contributed by atoms with Crippen molar-refractivity contribution in [1.82, 2.24) is 35.1 Å². The molecule has 0 spiro atoms. The molecule has 130 valence electrons. The Morgan fingerprint density at radius 2 is 1.81 bits per heavy atom. The van der Waals surface area contributed by atoms with Gasteiger partial charge in [0.1, 0.15) is 5.82 Å². The van der Waals surface area contributed by atoms with E-state index in [0.29, 0.717) is 35.6 Å². The van der Waals surface area contributed by atoms with Crippen LogP contribution in [0, 0.1) is 0 Å². The molecule has 4 rings (SSSR count). The van der Waals surface area contributed by atoms with Gasteiger partial charge in [-0.25, -0.2) is 4.98 Å². The van der Waals surface area contributed by atoms with E-state index in [9.17, 15) is 4.79 Å². The van der Waals surface area contributed by atoms with E-state index in [2.05, 4.69) is 25.5 Å². The van der Waals surface area contributed by atoms with E-state index >= 15 is 0 Å². The van der Waals surface area contributed by atoms with E-state index in [4.69, 9.17) is 0 Å². The quantitative estimate of drug-likeness (QED) is 0.588. The zero-order chi connectivity index (χ0) is 17.9. The number of para-hydroxylation sites is 2. The number of hydrogen-bond acceptors (Lipinski definition) is 6. The molecule has 0 bridgehead atoms. The van der Waals surface area contributed by atoms with Gasteiger partial charge in [-0.2, -0.15) is 4.68 Å². The Bertz CT molecular complexity index is 1090. The second-order valence-corrected chi connectivity index (χ2v) is 6.04. The molecule has 0 saturated heterocycles. The third-order valence-electron chi connectivity index (χ3n) is 4.03. The minimum absolute atomic E-state index is 0.131. The van der Waals surface area contributed by atoms with Crippen molar-refractivity contribution in [3.05, 3.63) is 76.6 Å². The van der Waals surface area contributed by atoms with Crippen molar-refractivity contribution in [2.45, 2.75) is 13.1 Å². The molecule has 1 N–H and O–H groups in total. The lowest BCUT2D eigenvalue weighted by atomic mass is 10.2. The SMILES string of the molecule is CN(Cc1nc2ccccc2c(=O)[nH]1)Cc1nnnn1-c1ccccc1. The van der Waals surface area contributed by atoms with E-state index in [1.54, 1.807) is 10.7 Å². The number of H-pyrrole nitrogens is 1. The van der Waals surface area contributed by atoms with Gasteiger partial charge in [0.2, 0.25) is 0 Å². The van der Waals surface area contributed by atoms with E-state index in [-0.39, 0.29) is 5.56 Å². The number of aromatic amines is 1. The molecule has 2 heterocycles. The van der Waals surface area contributed by atoms with Gasteiger partial charge >= 0.3 is 0 Å². The summed E-state index contributed by atoms with van der Waals surface area (Å²) in [7, 11) is 1.93. The molecule has 0 radical (unpaired) electrons. The van der Waals surface area contributed by atoms with Crippen molar-refractivity contribution in [1.29, 1.82) is 0 Å². The highest BCUT2D eigenvalue weighted by atomic mass is 16.1. The summed E-state index contributed by atoms with van der Waals surface area (Å²) >= 11 is 0. The van der Waals surface area contributed by atoms with Gasteiger partial charge in [-0.1, -0.05) is 30.3 Å². The summed E-state index contributed by atoms with van der Waals surface area (Å²) in [5.41, 5.74) is 1.46. The molecule has 2 aromatic carbocycles. The van der Waals surface area contributed by atoms with E-state index in [1.807, 2.05) is 60.5 Å². The second-order valence-electron chi connectivity index (χ2n) is 6.04. The number of fused-ring (bicyclic) bond motifs is 1. The average Bonchev–Trinajstić information content (AvgIpc) is 3.10. The van der Waals surface area contributed by atoms with Crippen molar-refractivity contribution in [3.8, 4) is 5.69 Å². The maximum Gasteiger partial charge on any atom is 0.258 e. The normalized spacial score (nSPS) is 11.3. The molecule has 4 aromatic rings. The molecule has 0 unspecified atom stereocenters. The Hall–Kier alpha value is -3.39. The number of nitrogens with zero attached hydrogens (tertiary/aromatic N) is 6. The maximum atomic E-state index is 12.2. The van der Waals surface area contributed by atoms with Gasteiger partial charge in [-0.3, -0.25) is 9.69 Å². The number of hydrogen-bond donors (Lipinski definition) is 1. The third kappa shape index (κ3) is 3.22. The standard InChI is InChI=1S/C18H17N7O/c1-24(11-16-19-15-10-6-5-9-14(15)18(26)20-16)12-17-21-22-23-25(17)13-7-3-2-4-8-13/h2-10H,11-12H2,1H3,(H,19,20,26). The zero-order valence-electron chi connectivity index (χ0n) is 14.2. The summed E-state index contributed by atoms with van der Waals surface area (Å²) in [6, 6.07) is 17.0. The van der Waals surface area contributed by atoms with Crippen molar-refractivity contribution in [3.63, 3.8) is 0 Å². The smallest absolute Gasteiger partial charge is 0.258 e. The van der Waals surface area contributed by atoms with Gasteiger partial charge in [0.15, 0.2) is 5.82 Å². The molecular formula is C18H17N7O. The van der Waals surface area contributed by atoms with Gasteiger partial charge < -0.3 is 4.98 Å². The monoisotopic (exact) mass is 347 g/mol. The number of tetrazole rings is 1. The summed E-state index contributed by atoms with van der Waals surface area (Å²) < 4.78 is 1.70. The Balaban J connectivity index is 1.54. The van der Waals surface area contributed by atoms with E-state index in [0.717, 1.165) is 5.69 Å². The molecule has 0 atom stereocenters. The van der Waals surface area contributed by atoms with E-state index < -0.39 is 0 Å². The zero-order valence-corrected chi connectivity index (χ0v) is 14.2. The van der Waals surface area contributed by atoms with Crippen LogP contribution in [0.15, 0.2) is 59.4 Å². The lowest BCUT2D eigenvalue weighted by Crippen LogP contribution is -2.23. The molecule has 0 saturated carbocycles. The maximum absolute atomic E-state index is 12.2. The molecule has 0 aliphatic rings. The first-order valence-electron chi connectivity index (χ1n) is 8.20. The van der Waals surface area contributed by atoms with Gasteiger partial charge in [-0.15, -0.1) is 5.10 Å². The molecule has 26 heavy (non-hydrogen) atoms. The van der Waals surface area contributed by atoms with Crippen LogP contribution in [0.25, 0.3) is 16.6 Å². The fraction of sp³-hybridized carbons (Fsp3) is 0.167. The van der Waals surface area contributed by atoms with Gasteiger partial charge in [0, 0.05) is 0 Å². The molecular weight excluding hydrogens is 330 g/mol. The molecule has 2 aromatic heterocycles. The predicted octanol–water partition coefficient (Wildman–Crippen LogP) is 1.53. The first-order chi connectivity index (χ1) is 12.7. The molecule has 0 fully saturated rings. The largest absolute Gasteiger partial charge is 0.309 e. The fourth-order valence-electron chi connectivity index (χ4n) is 2.84. The molecule has 8 heteroatoms. The van der Waals surface area contributed by atoms with Crippen LogP contribution in [-0.4, -0.2) is 42.1 Å². The highest BCUT2D eigenvalue weighted by molar-refractivity contribution is 5.77. The van der Waals surface area contributed by atoms with E-state index in [1.165, 1.54) is 0 Å². The topological polar surface area (TPSA) is 92.6 Å². The minimum Gasteiger partial charge on any atom is -0.309 e. The van der Waals surface area contributed by atoms with Gasteiger partial charge in [0.25, 0.3) is 5.56 Å². The fourth-order valence-corrected chi connectivity index (χ4v) is 2.84. The summed E-state index contributed by atoms with van der Waals surface area (Å²) in [5.74, 6) is 1.32. The van der Waals surface area contributed by atoms with Crippen LogP contribution in [-0.2, 0) is 13.1 Å². The summed E-state index contributed by atoms with van der Waals surface area (Å²) in [4.78, 5) is 21.6. The van der Waals surface area contributed by atoms with Crippen molar-refractivity contribution in [2.24, 2.45) is 0 Å². The van der Waals surface area contributed by atoms with Crippen LogP contribution in [0.2, 0.25) is 0 Å². The Morgan fingerprint density at radius 1 is 1.04 bits per heavy atom. The Kier molecular flexibility index (Phi) is 4.24. The highest BCUT2D eigenvalue weighted by Crippen LogP contribution is 2.10. The molecule has 8 nitrogen and oxygen atoms in total. The summed E-state index contributed by atoms with van der Waals surface area (Å²) in [6.07, 6.45) is 0. The Labute approximate surface area is 149 Å². The number of aromatic nitrogens is 6. The lowest BCUT2D eigenvalue weighted by Gasteiger charge is -2.15. The highest BCUT2D eigenvalue weighted by Gasteiger charge is 2.12. The van der Waals surface area contributed by atoms with Gasteiger partial charge in [-0.05, 0) is 41.7 Å². The molecule has 0 aliphatic carbocycles. The van der Waals surface area contributed by atoms with Crippen LogP contribution in [0.1, 0.15) is 11.6 Å². The third-order valence-corrected chi connectivity index (χ3v) is 4.03. The van der Waals surface area contributed by atoms with Crippen LogP contribution >= 0.6 is 0 Å². The van der Waals surface area contributed by atoms with Crippen molar-refractivity contribution in [2.75, 3.05) is 7.05 Å². The van der Waals surface area contributed by atoms with Crippen LogP contribution < -0.4 is 5.56 Å². The van der Waals surface area contributed by atoms with Crippen LogP contribution in [0.5, 0.6) is 0 Å². The first-order valence-corrected chi connectivity index (χ1v) is 8.20. The first kappa shape index (κ1) is 16.1. The predicted molar refractivity (Wildman–Crippen MR) is 96.7 cm³/mol. The average molecular weight is 347 g/mol. The van der Waals surface area contributed by atoms with Crippen LogP contribution in [0.4, 0.5) is 0 Å². The molecule has 0 aliphatic heterocycles. The van der Waals surface area contributed by atoms with Gasteiger partial charge in [0.05, 0.1) is 29.7 Å². The number of nitrogens with one attached hydrogen (secondary N) is 1. The molecule has 0 amide bonds.